The minimum atomic E-state index is -1.56. The zero-order valence-corrected chi connectivity index (χ0v) is 19.5. The van der Waals surface area contributed by atoms with Crippen LogP contribution >= 0.6 is 11.6 Å². The summed E-state index contributed by atoms with van der Waals surface area (Å²) in [5.74, 6) is 0.312. The Morgan fingerprint density at radius 2 is 1.70 bits per heavy atom. The maximum absolute atomic E-state index is 11.1. The number of aryl methyl sites for hydroxylation is 1. The van der Waals surface area contributed by atoms with Crippen LogP contribution in [0.3, 0.4) is 0 Å². The van der Waals surface area contributed by atoms with Crippen LogP contribution in [0.15, 0.2) is 36.4 Å². The number of hydrogen-bond donors (Lipinski definition) is 5. The van der Waals surface area contributed by atoms with Crippen molar-refractivity contribution in [1.82, 2.24) is 0 Å². The van der Waals surface area contributed by atoms with Crippen molar-refractivity contribution >= 4 is 11.6 Å². The van der Waals surface area contributed by atoms with Crippen LogP contribution in [0.4, 0.5) is 0 Å². The molecule has 2 aromatic rings. The maximum Gasteiger partial charge on any atom is 0.132 e. The molecule has 180 valence electrons. The third-order valence-corrected chi connectivity index (χ3v) is 7.18. The molecule has 2 aliphatic heterocycles. The maximum atomic E-state index is 11.1. The van der Waals surface area contributed by atoms with Gasteiger partial charge in [0.05, 0.1) is 13.2 Å². The number of aliphatic hydroxyl groups excluding tert-OH is 5. The van der Waals surface area contributed by atoms with Crippen LogP contribution in [0.2, 0.25) is 5.02 Å². The Morgan fingerprint density at radius 3 is 2.30 bits per heavy atom. The minimum Gasteiger partial charge on any atom is -0.485 e. The van der Waals surface area contributed by atoms with Crippen LogP contribution in [0.1, 0.15) is 42.5 Å². The summed E-state index contributed by atoms with van der Waals surface area (Å²) in [7, 11) is 0. The number of aliphatic hydroxyl groups is 5. The zero-order chi connectivity index (χ0) is 24.0. The molecule has 0 saturated carbocycles. The van der Waals surface area contributed by atoms with Crippen LogP contribution in [0.5, 0.6) is 5.75 Å². The quantitative estimate of drug-likeness (QED) is 0.443. The van der Waals surface area contributed by atoms with Crippen molar-refractivity contribution in [2.24, 2.45) is 0 Å². The van der Waals surface area contributed by atoms with Gasteiger partial charge in [0, 0.05) is 17.0 Å². The fourth-order valence-corrected chi connectivity index (χ4v) is 5.13. The molecule has 7 nitrogen and oxygen atoms in total. The number of hydrogen-bond acceptors (Lipinski definition) is 7. The second-order valence-electron chi connectivity index (χ2n) is 9.33. The van der Waals surface area contributed by atoms with E-state index in [1.165, 1.54) is 5.56 Å². The van der Waals surface area contributed by atoms with Crippen molar-refractivity contribution in [1.29, 1.82) is 0 Å². The van der Waals surface area contributed by atoms with Gasteiger partial charge in [-0.3, -0.25) is 0 Å². The van der Waals surface area contributed by atoms with Gasteiger partial charge in [-0.05, 0) is 48.6 Å². The van der Waals surface area contributed by atoms with Crippen LogP contribution in [0, 0.1) is 0 Å². The Bertz CT molecular complexity index is 995. The number of rotatable bonds is 5. The lowest BCUT2D eigenvalue weighted by Gasteiger charge is -2.54. The van der Waals surface area contributed by atoms with Crippen molar-refractivity contribution in [3.8, 4) is 5.75 Å². The average Bonchev–Trinajstić information content (AvgIpc) is 2.81. The van der Waals surface area contributed by atoms with Gasteiger partial charge in [-0.15, -0.1) is 0 Å². The Labute approximate surface area is 198 Å². The largest absolute Gasteiger partial charge is 0.485 e. The lowest BCUT2D eigenvalue weighted by molar-refractivity contribution is -0.296. The van der Waals surface area contributed by atoms with Crippen molar-refractivity contribution in [3.63, 3.8) is 0 Å². The highest BCUT2D eigenvalue weighted by molar-refractivity contribution is 6.31. The molecule has 4 rings (SSSR count). The molecular formula is C25H31ClO7. The van der Waals surface area contributed by atoms with E-state index in [4.69, 9.17) is 21.1 Å². The first-order valence-corrected chi connectivity index (χ1v) is 11.6. The molecule has 5 N–H and O–H groups in total. The Balaban J connectivity index is 1.82. The highest BCUT2D eigenvalue weighted by Gasteiger charge is 2.60. The van der Waals surface area contributed by atoms with Crippen LogP contribution in [-0.2, 0) is 23.2 Å². The molecule has 0 aromatic heterocycles. The number of ether oxygens (including phenoxy) is 2. The topological polar surface area (TPSA) is 120 Å². The summed E-state index contributed by atoms with van der Waals surface area (Å²) in [6.45, 7) is 2.82. The minimum absolute atomic E-state index is 0.00276. The summed E-state index contributed by atoms with van der Waals surface area (Å²) in [6, 6.07) is 11.6. The highest BCUT2D eigenvalue weighted by atomic mass is 35.5. The van der Waals surface area contributed by atoms with E-state index in [-0.39, 0.29) is 13.0 Å². The molecule has 33 heavy (non-hydrogen) atoms. The summed E-state index contributed by atoms with van der Waals surface area (Å²) < 4.78 is 12.2. The lowest BCUT2D eigenvalue weighted by Crippen LogP contribution is -2.67. The molecule has 0 radical (unpaired) electrons. The Hall–Kier alpha value is -1.71. The molecule has 0 aliphatic carbocycles. The van der Waals surface area contributed by atoms with E-state index in [0.29, 0.717) is 22.8 Å². The number of benzene rings is 2. The molecule has 1 unspecified atom stereocenters. The molecule has 6 atom stereocenters. The zero-order valence-electron chi connectivity index (χ0n) is 18.7. The summed E-state index contributed by atoms with van der Waals surface area (Å²) >= 11 is 6.60. The normalized spacial score (nSPS) is 33.6. The van der Waals surface area contributed by atoms with Gasteiger partial charge in [0.25, 0.3) is 0 Å². The Kier molecular flexibility index (Phi) is 6.77. The second kappa shape index (κ2) is 9.15. The van der Waals surface area contributed by atoms with Gasteiger partial charge >= 0.3 is 0 Å². The van der Waals surface area contributed by atoms with E-state index in [2.05, 4.69) is 19.1 Å². The summed E-state index contributed by atoms with van der Waals surface area (Å²) in [5, 5.41) is 52.3. The van der Waals surface area contributed by atoms with Crippen molar-refractivity contribution in [3.05, 3.63) is 63.7 Å². The van der Waals surface area contributed by atoms with E-state index in [9.17, 15) is 25.5 Å². The standard InChI is InChI=1S/C25H31ClO7/c1-3-14-4-6-15(7-5-14)8-16-9-17-19(10-18(16)26)32-24(2,13-28)12-25(17)23(31)22(30)21(29)20(11-27)33-25/h4-7,9-10,20-23,27-31H,3,8,11-13H2,1-2H3/t20-,21-,22+,23-,24?,25+/m1/s1. The fourth-order valence-electron chi connectivity index (χ4n) is 4.91. The van der Waals surface area contributed by atoms with Gasteiger partial charge in [0.2, 0.25) is 0 Å². The molecule has 2 aliphatic rings. The predicted octanol–water partition coefficient (Wildman–Crippen LogP) is 1.70. The average molecular weight is 479 g/mol. The van der Waals surface area contributed by atoms with Gasteiger partial charge in [-0.2, -0.15) is 0 Å². The second-order valence-corrected chi connectivity index (χ2v) is 9.74. The summed E-state index contributed by atoms with van der Waals surface area (Å²) in [6.07, 6.45) is -4.22. The molecule has 0 amide bonds. The van der Waals surface area contributed by atoms with E-state index >= 15 is 0 Å². The molecule has 1 spiro atoms. The monoisotopic (exact) mass is 478 g/mol. The number of fused-ring (bicyclic) bond motifs is 2. The SMILES string of the molecule is CCc1ccc(Cc2cc3c(cc2Cl)OC(C)(CO)C[C@]32O[C@H](CO)[C@@H](O)[C@H](O)[C@H]2O)cc1. The Morgan fingerprint density at radius 1 is 1.03 bits per heavy atom. The van der Waals surface area contributed by atoms with E-state index < -0.39 is 42.2 Å². The number of halogens is 1. The van der Waals surface area contributed by atoms with E-state index in [1.54, 1.807) is 19.1 Å². The molecular weight excluding hydrogens is 448 g/mol. The molecule has 1 saturated heterocycles. The van der Waals surface area contributed by atoms with Crippen LogP contribution in [-0.4, -0.2) is 68.8 Å². The van der Waals surface area contributed by atoms with Gasteiger partial charge < -0.3 is 35.0 Å². The molecule has 1 fully saturated rings. The first-order valence-electron chi connectivity index (χ1n) is 11.2. The molecule has 0 bridgehead atoms. The van der Waals surface area contributed by atoms with Crippen molar-refractivity contribution < 1.29 is 35.0 Å². The van der Waals surface area contributed by atoms with Crippen molar-refractivity contribution in [2.45, 2.75) is 68.7 Å². The highest BCUT2D eigenvalue weighted by Crippen LogP contribution is 2.52. The van der Waals surface area contributed by atoms with Crippen LogP contribution in [0.25, 0.3) is 0 Å². The summed E-state index contributed by atoms with van der Waals surface area (Å²) in [5.41, 5.74) is 0.836. The first-order chi connectivity index (χ1) is 15.7. The van der Waals surface area contributed by atoms with Gasteiger partial charge in [0.15, 0.2) is 0 Å². The van der Waals surface area contributed by atoms with Gasteiger partial charge in [-0.1, -0.05) is 42.8 Å². The molecule has 2 aromatic carbocycles. The van der Waals surface area contributed by atoms with E-state index in [1.807, 2.05) is 12.1 Å². The lowest BCUT2D eigenvalue weighted by atomic mass is 9.71. The molecule has 2 heterocycles. The van der Waals surface area contributed by atoms with Crippen molar-refractivity contribution in [2.75, 3.05) is 13.2 Å². The van der Waals surface area contributed by atoms with Crippen LogP contribution < -0.4 is 4.74 Å². The third-order valence-electron chi connectivity index (χ3n) is 6.83. The van der Waals surface area contributed by atoms with Gasteiger partial charge in [0.1, 0.15) is 41.4 Å². The van der Waals surface area contributed by atoms with E-state index in [0.717, 1.165) is 17.5 Å². The van der Waals surface area contributed by atoms with Gasteiger partial charge in [-0.25, -0.2) is 0 Å². The predicted molar refractivity (Wildman–Crippen MR) is 122 cm³/mol. The molecule has 8 heteroatoms. The first kappa shape index (κ1) is 24.4. The smallest absolute Gasteiger partial charge is 0.132 e. The summed E-state index contributed by atoms with van der Waals surface area (Å²) in [4.78, 5) is 0. The fraction of sp³-hybridized carbons (Fsp3) is 0.520. The third kappa shape index (κ3) is 4.28.